The maximum Gasteiger partial charge on any atom is 0.222 e. The van der Waals surface area contributed by atoms with Crippen LogP contribution < -0.4 is 0 Å². The first kappa shape index (κ1) is 15.0. The van der Waals surface area contributed by atoms with E-state index >= 15 is 0 Å². The van der Waals surface area contributed by atoms with Crippen LogP contribution in [0.5, 0.6) is 0 Å². The topological polar surface area (TPSA) is 40.6 Å². The van der Waals surface area contributed by atoms with Gasteiger partial charge in [-0.3, -0.25) is 9.59 Å². The molecular formula is C14H26N2O2. The Morgan fingerprint density at radius 1 is 1.28 bits per heavy atom. The SMILES string of the molecule is CCC(C)N(CCN(C)C(=O)CC1CC1)C(C)=O. The maximum absolute atomic E-state index is 11.8. The Morgan fingerprint density at radius 2 is 1.89 bits per heavy atom. The molecule has 4 heteroatoms. The summed E-state index contributed by atoms with van der Waals surface area (Å²) in [5.41, 5.74) is 0. The minimum Gasteiger partial charge on any atom is -0.344 e. The average molecular weight is 254 g/mol. The van der Waals surface area contributed by atoms with Crippen LogP contribution in [0.4, 0.5) is 0 Å². The van der Waals surface area contributed by atoms with E-state index < -0.39 is 0 Å². The summed E-state index contributed by atoms with van der Waals surface area (Å²) in [6.45, 7) is 6.99. The number of likely N-dealkylation sites (N-methyl/N-ethyl adjacent to an activating group) is 1. The molecule has 0 saturated heterocycles. The second kappa shape index (κ2) is 6.76. The maximum atomic E-state index is 11.8. The van der Waals surface area contributed by atoms with Crippen molar-refractivity contribution in [2.24, 2.45) is 5.92 Å². The minimum absolute atomic E-state index is 0.0902. The van der Waals surface area contributed by atoms with Gasteiger partial charge in [0.15, 0.2) is 0 Å². The molecule has 0 N–H and O–H groups in total. The summed E-state index contributed by atoms with van der Waals surface area (Å²) in [6, 6.07) is 0.245. The predicted octanol–water partition coefficient (Wildman–Crippen LogP) is 1.89. The van der Waals surface area contributed by atoms with E-state index in [4.69, 9.17) is 0 Å². The fourth-order valence-electron chi connectivity index (χ4n) is 2.02. The van der Waals surface area contributed by atoms with E-state index in [0.29, 0.717) is 25.4 Å². The first-order valence-electron chi connectivity index (χ1n) is 6.96. The summed E-state index contributed by atoms with van der Waals surface area (Å²) in [6.07, 6.45) is 4.03. The second-order valence-corrected chi connectivity index (χ2v) is 5.43. The van der Waals surface area contributed by atoms with Gasteiger partial charge in [0.05, 0.1) is 0 Å². The van der Waals surface area contributed by atoms with Crippen molar-refractivity contribution in [3.63, 3.8) is 0 Å². The van der Waals surface area contributed by atoms with Gasteiger partial charge < -0.3 is 9.80 Å². The summed E-state index contributed by atoms with van der Waals surface area (Å²) in [5, 5.41) is 0. The normalized spacial score (nSPS) is 16.2. The molecular weight excluding hydrogens is 228 g/mol. The number of amides is 2. The molecule has 0 aromatic rings. The zero-order valence-corrected chi connectivity index (χ0v) is 12.1. The molecule has 1 aliphatic carbocycles. The predicted molar refractivity (Wildman–Crippen MR) is 72.1 cm³/mol. The van der Waals surface area contributed by atoms with Gasteiger partial charge in [-0.2, -0.15) is 0 Å². The second-order valence-electron chi connectivity index (χ2n) is 5.43. The van der Waals surface area contributed by atoms with Gasteiger partial charge in [-0.25, -0.2) is 0 Å². The highest BCUT2D eigenvalue weighted by molar-refractivity contribution is 5.76. The number of nitrogens with zero attached hydrogens (tertiary/aromatic N) is 2. The first-order valence-corrected chi connectivity index (χ1v) is 6.96. The van der Waals surface area contributed by atoms with Crippen LogP contribution in [0, 0.1) is 5.92 Å². The van der Waals surface area contributed by atoms with Gasteiger partial charge >= 0.3 is 0 Å². The Labute approximate surface area is 110 Å². The highest BCUT2D eigenvalue weighted by Gasteiger charge is 2.26. The number of hydrogen-bond donors (Lipinski definition) is 0. The Morgan fingerprint density at radius 3 is 2.33 bits per heavy atom. The van der Waals surface area contributed by atoms with Crippen molar-refractivity contribution in [2.45, 2.75) is 52.5 Å². The lowest BCUT2D eigenvalue weighted by Crippen LogP contribution is -2.42. The molecule has 1 rings (SSSR count). The molecule has 0 radical (unpaired) electrons. The molecule has 0 aromatic heterocycles. The molecule has 1 unspecified atom stereocenters. The van der Waals surface area contributed by atoms with Crippen LogP contribution in [-0.4, -0.2) is 47.8 Å². The summed E-state index contributed by atoms with van der Waals surface area (Å²) < 4.78 is 0. The van der Waals surface area contributed by atoms with Crippen LogP contribution >= 0.6 is 0 Å². The van der Waals surface area contributed by atoms with Gasteiger partial charge in [-0.15, -0.1) is 0 Å². The fraction of sp³-hybridized carbons (Fsp3) is 0.857. The Bertz CT molecular complexity index is 300. The monoisotopic (exact) mass is 254 g/mol. The molecule has 0 aromatic carbocycles. The van der Waals surface area contributed by atoms with Crippen molar-refractivity contribution in [1.29, 1.82) is 0 Å². The van der Waals surface area contributed by atoms with E-state index in [1.165, 1.54) is 12.8 Å². The minimum atomic E-state index is 0.0902. The Hall–Kier alpha value is -1.06. The largest absolute Gasteiger partial charge is 0.344 e. The third kappa shape index (κ3) is 4.67. The third-order valence-corrected chi connectivity index (χ3v) is 3.79. The number of carbonyl (C=O) groups is 2. The van der Waals surface area contributed by atoms with Crippen molar-refractivity contribution < 1.29 is 9.59 Å². The van der Waals surface area contributed by atoms with Crippen LogP contribution in [0.15, 0.2) is 0 Å². The molecule has 18 heavy (non-hydrogen) atoms. The van der Waals surface area contributed by atoms with Crippen molar-refractivity contribution in [3.05, 3.63) is 0 Å². The van der Waals surface area contributed by atoms with E-state index in [0.717, 1.165) is 6.42 Å². The number of hydrogen-bond acceptors (Lipinski definition) is 2. The van der Waals surface area contributed by atoms with E-state index in [1.54, 1.807) is 11.8 Å². The molecule has 1 saturated carbocycles. The summed E-state index contributed by atoms with van der Waals surface area (Å²) in [4.78, 5) is 27.0. The van der Waals surface area contributed by atoms with E-state index in [2.05, 4.69) is 6.92 Å². The van der Waals surface area contributed by atoms with Gasteiger partial charge in [0, 0.05) is 39.5 Å². The molecule has 2 amide bonds. The molecule has 104 valence electrons. The van der Waals surface area contributed by atoms with Crippen molar-refractivity contribution in [2.75, 3.05) is 20.1 Å². The molecule has 4 nitrogen and oxygen atoms in total. The van der Waals surface area contributed by atoms with Crippen molar-refractivity contribution in [3.8, 4) is 0 Å². The summed E-state index contributed by atoms with van der Waals surface area (Å²) in [7, 11) is 1.83. The summed E-state index contributed by atoms with van der Waals surface area (Å²) >= 11 is 0. The highest BCUT2D eigenvalue weighted by Crippen LogP contribution is 2.32. The smallest absolute Gasteiger partial charge is 0.222 e. The molecule has 0 aliphatic heterocycles. The van der Waals surface area contributed by atoms with Gasteiger partial charge in [-0.1, -0.05) is 6.92 Å². The van der Waals surface area contributed by atoms with Crippen molar-refractivity contribution >= 4 is 11.8 Å². The zero-order valence-electron chi connectivity index (χ0n) is 12.1. The molecule has 1 atom stereocenters. The van der Waals surface area contributed by atoms with Crippen molar-refractivity contribution in [1.82, 2.24) is 9.80 Å². The third-order valence-electron chi connectivity index (χ3n) is 3.79. The van der Waals surface area contributed by atoms with Gasteiger partial charge in [-0.05, 0) is 32.1 Å². The van der Waals surface area contributed by atoms with Crippen LogP contribution in [0.2, 0.25) is 0 Å². The van der Waals surface area contributed by atoms with Crippen LogP contribution in [0.1, 0.15) is 46.5 Å². The lowest BCUT2D eigenvalue weighted by Gasteiger charge is -2.29. The fourth-order valence-corrected chi connectivity index (χ4v) is 2.02. The van der Waals surface area contributed by atoms with Crippen LogP contribution in [-0.2, 0) is 9.59 Å². The van der Waals surface area contributed by atoms with E-state index in [9.17, 15) is 9.59 Å². The molecule has 0 heterocycles. The lowest BCUT2D eigenvalue weighted by atomic mass is 10.2. The standard InChI is InChI=1S/C14H26N2O2/c1-5-11(2)16(12(3)17)9-8-15(4)14(18)10-13-6-7-13/h11,13H,5-10H2,1-4H3. The summed E-state index contributed by atoms with van der Waals surface area (Å²) in [5.74, 6) is 0.927. The quantitative estimate of drug-likeness (QED) is 0.696. The van der Waals surface area contributed by atoms with E-state index in [1.807, 2.05) is 18.9 Å². The van der Waals surface area contributed by atoms with Crippen LogP contribution in [0.25, 0.3) is 0 Å². The zero-order chi connectivity index (χ0) is 13.7. The molecule has 0 spiro atoms. The highest BCUT2D eigenvalue weighted by atomic mass is 16.2. The molecule has 1 fully saturated rings. The Balaban J connectivity index is 2.35. The van der Waals surface area contributed by atoms with Gasteiger partial charge in [0.25, 0.3) is 0 Å². The molecule has 0 bridgehead atoms. The number of carbonyl (C=O) groups excluding carboxylic acids is 2. The van der Waals surface area contributed by atoms with Gasteiger partial charge in [0.2, 0.25) is 11.8 Å². The Kier molecular flexibility index (Phi) is 5.63. The first-order chi connectivity index (χ1) is 8.45. The average Bonchev–Trinajstić information content (AvgIpc) is 3.11. The number of rotatable bonds is 7. The lowest BCUT2D eigenvalue weighted by molar-refractivity contribution is -0.134. The molecule has 1 aliphatic rings. The van der Waals surface area contributed by atoms with Crippen LogP contribution in [0.3, 0.4) is 0 Å². The van der Waals surface area contributed by atoms with E-state index in [-0.39, 0.29) is 17.9 Å². The van der Waals surface area contributed by atoms with Gasteiger partial charge in [0.1, 0.15) is 0 Å².